The first-order valence-corrected chi connectivity index (χ1v) is 8.37. The number of carbonyl (C=O) groups is 1. The number of amidine groups is 1. The van der Waals surface area contributed by atoms with E-state index < -0.39 is 17.6 Å². The molecule has 9 heteroatoms. The van der Waals surface area contributed by atoms with Crippen molar-refractivity contribution in [1.29, 1.82) is 0 Å². The van der Waals surface area contributed by atoms with Gasteiger partial charge in [0.1, 0.15) is 5.75 Å². The number of benzene rings is 2. The number of aliphatic imine (C=N–C) groups is 1. The third kappa shape index (κ3) is 4.20. The lowest BCUT2D eigenvalue weighted by Gasteiger charge is -2.08. The van der Waals surface area contributed by atoms with Gasteiger partial charge in [-0.2, -0.15) is 13.2 Å². The zero-order chi connectivity index (χ0) is 18.9. The maximum absolute atomic E-state index is 12.8. The van der Waals surface area contributed by atoms with Crippen molar-refractivity contribution in [3.8, 4) is 5.75 Å². The molecule has 3 rings (SSSR count). The third-order valence-electron chi connectivity index (χ3n) is 3.34. The summed E-state index contributed by atoms with van der Waals surface area (Å²) in [4.78, 5) is 16.4. The van der Waals surface area contributed by atoms with Gasteiger partial charge in [0.05, 0.1) is 21.2 Å². The molecule has 0 aliphatic carbocycles. The Labute approximate surface area is 155 Å². The van der Waals surface area contributed by atoms with E-state index in [0.29, 0.717) is 10.5 Å². The number of hydrogen-bond acceptors (Lipinski definition) is 4. The Bertz CT molecular complexity index is 925. The number of phenols is 1. The fraction of sp³-hybridized carbons (Fsp3) is 0.0588. The number of aromatic hydroxyl groups is 1. The normalized spacial score (nSPS) is 17.8. The molecule has 0 bridgehead atoms. The molecule has 26 heavy (non-hydrogen) atoms. The molecule has 0 unspecified atom stereocenters. The topological polar surface area (TPSA) is 61.7 Å². The van der Waals surface area contributed by atoms with E-state index in [1.54, 1.807) is 18.2 Å². The Morgan fingerprint density at radius 3 is 2.50 bits per heavy atom. The Kier molecular flexibility index (Phi) is 4.97. The maximum atomic E-state index is 12.8. The van der Waals surface area contributed by atoms with Gasteiger partial charge in [-0.05, 0) is 53.7 Å². The molecule has 1 saturated heterocycles. The number of nitrogens with zero attached hydrogens (tertiary/aromatic N) is 1. The molecule has 1 fully saturated rings. The van der Waals surface area contributed by atoms with E-state index in [2.05, 4.69) is 10.3 Å². The van der Waals surface area contributed by atoms with Crippen LogP contribution in [0.5, 0.6) is 5.75 Å². The molecule has 2 aromatic rings. The van der Waals surface area contributed by atoms with Crippen LogP contribution in [0.4, 0.5) is 18.9 Å². The molecule has 0 atom stereocenters. The minimum atomic E-state index is -4.52. The van der Waals surface area contributed by atoms with Gasteiger partial charge in [-0.3, -0.25) is 4.79 Å². The lowest BCUT2D eigenvalue weighted by atomic mass is 10.2. The van der Waals surface area contributed by atoms with Crippen LogP contribution in [0.25, 0.3) is 6.08 Å². The Balaban J connectivity index is 1.88. The summed E-state index contributed by atoms with van der Waals surface area (Å²) in [5.74, 6) is -0.331. The van der Waals surface area contributed by atoms with Crippen molar-refractivity contribution in [3.63, 3.8) is 0 Å². The van der Waals surface area contributed by atoms with Crippen molar-refractivity contribution >= 4 is 46.2 Å². The summed E-state index contributed by atoms with van der Waals surface area (Å²) in [6.07, 6.45) is -2.94. The van der Waals surface area contributed by atoms with Crippen LogP contribution < -0.4 is 5.32 Å². The molecule has 0 spiro atoms. The summed E-state index contributed by atoms with van der Waals surface area (Å²) in [7, 11) is 0. The van der Waals surface area contributed by atoms with Crippen LogP contribution in [0, 0.1) is 0 Å². The molecule has 4 nitrogen and oxygen atoms in total. The standard InChI is InChI=1S/C17H10ClF3N2O2S/c18-12-6-3-10(17(19,20)21)8-13(12)22-16-23-15(25)14(26-16)7-9-1-4-11(24)5-2-9/h1-8,24H,(H,22,23,25)/b14-7-. The number of rotatable bonds is 2. The fourth-order valence-corrected chi connectivity index (χ4v) is 3.08. The monoisotopic (exact) mass is 398 g/mol. The van der Waals surface area contributed by atoms with E-state index in [1.807, 2.05) is 0 Å². The van der Waals surface area contributed by atoms with E-state index in [1.165, 1.54) is 12.1 Å². The fourth-order valence-electron chi connectivity index (χ4n) is 2.09. The van der Waals surface area contributed by atoms with E-state index in [0.717, 1.165) is 30.0 Å². The van der Waals surface area contributed by atoms with Gasteiger partial charge < -0.3 is 10.4 Å². The molecule has 1 heterocycles. The Morgan fingerprint density at radius 1 is 1.15 bits per heavy atom. The Hall–Kier alpha value is -2.45. The number of amides is 1. The number of hydrogen-bond donors (Lipinski definition) is 2. The summed E-state index contributed by atoms with van der Waals surface area (Å²) >= 11 is 6.89. The predicted octanol–water partition coefficient (Wildman–Crippen LogP) is 4.96. The molecule has 2 N–H and O–H groups in total. The number of alkyl halides is 3. The largest absolute Gasteiger partial charge is 0.508 e. The smallest absolute Gasteiger partial charge is 0.416 e. The van der Waals surface area contributed by atoms with Crippen LogP contribution in [-0.2, 0) is 11.0 Å². The maximum Gasteiger partial charge on any atom is 0.416 e. The molecule has 0 aromatic heterocycles. The minimum Gasteiger partial charge on any atom is -0.508 e. The van der Waals surface area contributed by atoms with E-state index in [9.17, 15) is 23.1 Å². The molecule has 1 aliphatic rings. The van der Waals surface area contributed by atoms with Gasteiger partial charge in [0, 0.05) is 0 Å². The summed E-state index contributed by atoms with van der Waals surface area (Å²) < 4.78 is 38.4. The first-order chi connectivity index (χ1) is 12.2. The van der Waals surface area contributed by atoms with Gasteiger partial charge in [0.25, 0.3) is 5.91 Å². The van der Waals surface area contributed by atoms with E-state index in [-0.39, 0.29) is 21.6 Å². The SMILES string of the molecule is O=C1NC(=Nc2cc(C(F)(F)F)ccc2Cl)S/C1=C\c1ccc(O)cc1. The van der Waals surface area contributed by atoms with Crippen molar-refractivity contribution in [2.45, 2.75) is 6.18 Å². The zero-order valence-corrected chi connectivity index (χ0v) is 14.4. The van der Waals surface area contributed by atoms with Gasteiger partial charge in [-0.15, -0.1) is 0 Å². The number of phenolic OH excluding ortho intramolecular Hbond substituents is 1. The van der Waals surface area contributed by atoms with Crippen molar-refractivity contribution in [2.24, 2.45) is 4.99 Å². The molecule has 1 amide bonds. The summed E-state index contributed by atoms with van der Waals surface area (Å²) in [6, 6.07) is 8.98. The lowest BCUT2D eigenvalue weighted by Crippen LogP contribution is -2.19. The average molecular weight is 399 g/mol. The number of thioether (sulfide) groups is 1. The zero-order valence-electron chi connectivity index (χ0n) is 12.8. The van der Waals surface area contributed by atoms with E-state index in [4.69, 9.17) is 11.6 Å². The van der Waals surface area contributed by atoms with Crippen molar-refractivity contribution in [2.75, 3.05) is 0 Å². The van der Waals surface area contributed by atoms with Crippen LogP contribution >= 0.6 is 23.4 Å². The second-order valence-corrected chi connectivity index (χ2v) is 6.68. The van der Waals surface area contributed by atoms with Crippen LogP contribution in [-0.4, -0.2) is 16.2 Å². The summed E-state index contributed by atoms with van der Waals surface area (Å²) in [6.45, 7) is 0. The van der Waals surface area contributed by atoms with Gasteiger partial charge in [0.2, 0.25) is 0 Å². The molecular weight excluding hydrogens is 389 g/mol. The summed E-state index contributed by atoms with van der Waals surface area (Å²) in [5, 5.41) is 11.9. The van der Waals surface area contributed by atoms with E-state index >= 15 is 0 Å². The highest BCUT2D eigenvalue weighted by Gasteiger charge is 2.31. The number of carbonyl (C=O) groups excluding carboxylic acids is 1. The Morgan fingerprint density at radius 2 is 1.85 bits per heavy atom. The second kappa shape index (κ2) is 7.05. The highest BCUT2D eigenvalue weighted by molar-refractivity contribution is 8.18. The van der Waals surface area contributed by atoms with Crippen LogP contribution in [0.3, 0.4) is 0 Å². The highest BCUT2D eigenvalue weighted by Crippen LogP contribution is 2.36. The highest BCUT2D eigenvalue weighted by atomic mass is 35.5. The van der Waals surface area contributed by atoms with Crippen molar-refractivity contribution < 1.29 is 23.1 Å². The average Bonchev–Trinajstić information content (AvgIpc) is 2.90. The van der Waals surface area contributed by atoms with Crippen molar-refractivity contribution in [3.05, 3.63) is 63.5 Å². The number of nitrogens with one attached hydrogen (secondary N) is 1. The molecular formula is C17H10ClF3N2O2S. The first-order valence-electron chi connectivity index (χ1n) is 7.18. The van der Waals surface area contributed by atoms with Gasteiger partial charge in [0.15, 0.2) is 5.17 Å². The molecule has 0 saturated carbocycles. The second-order valence-electron chi connectivity index (χ2n) is 5.24. The first kappa shape index (κ1) is 18.3. The quantitative estimate of drug-likeness (QED) is 0.703. The van der Waals surface area contributed by atoms with Gasteiger partial charge in [-0.1, -0.05) is 23.7 Å². The molecule has 134 valence electrons. The predicted molar refractivity (Wildman–Crippen MR) is 95.4 cm³/mol. The summed E-state index contributed by atoms with van der Waals surface area (Å²) in [5.41, 5.74) is -0.288. The van der Waals surface area contributed by atoms with Crippen LogP contribution in [0.15, 0.2) is 52.4 Å². The lowest BCUT2D eigenvalue weighted by molar-refractivity contribution is -0.137. The molecule has 1 aliphatic heterocycles. The van der Waals surface area contributed by atoms with Gasteiger partial charge >= 0.3 is 6.18 Å². The van der Waals surface area contributed by atoms with Crippen molar-refractivity contribution in [1.82, 2.24) is 5.32 Å². The van der Waals surface area contributed by atoms with Crippen LogP contribution in [0.1, 0.15) is 11.1 Å². The molecule has 0 radical (unpaired) electrons. The number of halogens is 4. The van der Waals surface area contributed by atoms with Crippen LogP contribution in [0.2, 0.25) is 5.02 Å². The van der Waals surface area contributed by atoms with Gasteiger partial charge in [-0.25, -0.2) is 4.99 Å². The third-order valence-corrected chi connectivity index (χ3v) is 4.57. The molecule has 2 aromatic carbocycles. The minimum absolute atomic E-state index is 0.0383.